The first-order valence-corrected chi connectivity index (χ1v) is 8.93. The zero-order valence-electron chi connectivity index (χ0n) is 14.5. The number of carbonyl (C=O) groups is 1. The molecule has 3 atom stereocenters. The second-order valence-electron chi connectivity index (χ2n) is 7.31. The third-order valence-corrected chi connectivity index (χ3v) is 5.47. The predicted molar refractivity (Wildman–Crippen MR) is 92.0 cm³/mol. The number of rotatable bonds is 6. The molecule has 1 aromatic rings. The zero-order chi connectivity index (χ0) is 18.8. The van der Waals surface area contributed by atoms with Gasteiger partial charge in [0.15, 0.2) is 5.60 Å². The molecule has 0 radical (unpaired) electrons. The molecule has 1 aliphatic carbocycles. The summed E-state index contributed by atoms with van der Waals surface area (Å²) in [7, 11) is 0. The summed E-state index contributed by atoms with van der Waals surface area (Å²) in [6, 6.07) is 8.22. The van der Waals surface area contributed by atoms with Crippen molar-refractivity contribution in [3.05, 3.63) is 35.9 Å². The summed E-state index contributed by atoms with van der Waals surface area (Å²) in [4.78, 5) is 14.6. The summed E-state index contributed by atoms with van der Waals surface area (Å²) in [5.41, 5.74) is -1.78. The molecular formula is C19H24F2N2O3. The summed E-state index contributed by atoms with van der Waals surface area (Å²) in [6.45, 7) is 1.45. The van der Waals surface area contributed by atoms with Gasteiger partial charge in [-0.1, -0.05) is 30.3 Å². The molecule has 0 amide bonds. The summed E-state index contributed by atoms with van der Waals surface area (Å²) >= 11 is 0. The minimum absolute atomic E-state index is 0.0680. The number of halogens is 2. The molecule has 26 heavy (non-hydrogen) atoms. The fourth-order valence-electron chi connectivity index (χ4n) is 3.94. The number of hydrogen-bond acceptors (Lipinski definition) is 4. The summed E-state index contributed by atoms with van der Waals surface area (Å²) in [5, 5.41) is 18.5. The predicted octanol–water partition coefficient (Wildman–Crippen LogP) is 2.78. The lowest BCUT2D eigenvalue weighted by Crippen LogP contribution is -2.44. The van der Waals surface area contributed by atoms with Gasteiger partial charge in [0.05, 0.1) is 12.9 Å². The number of esters is 1. The van der Waals surface area contributed by atoms with Crippen LogP contribution in [0.15, 0.2) is 30.3 Å². The number of alkyl halides is 2. The number of carbonyl (C=O) groups excluding carboxylic acids is 1. The Morgan fingerprint density at radius 1 is 1.38 bits per heavy atom. The lowest BCUT2D eigenvalue weighted by atomic mass is 9.80. The average molecular weight is 366 g/mol. The standard InChI is InChI=1S/C19H24F2N2O3/c20-18(21)8-6-16(10-18)19(25,15-4-2-1-3-5-15)17(24)26-12-14-7-9-23(11-14)13-22/h1-5,13-14,16,22,25H,6-12H2/t14-,16-,19+/m1/s1. The van der Waals surface area contributed by atoms with Gasteiger partial charge in [-0.15, -0.1) is 0 Å². The topological polar surface area (TPSA) is 73.6 Å². The molecule has 1 aromatic carbocycles. The molecule has 2 aliphatic rings. The van der Waals surface area contributed by atoms with Crippen LogP contribution in [-0.2, 0) is 15.1 Å². The SMILES string of the molecule is N=CN1CC[C@@H](COC(=O)[C@](O)(c2ccccc2)[C@@H]2CCC(F)(F)C2)C1. The molecule has 0 aromatic heterocycles. The van der Waals surface area contributed by atoms with Gasteiger partial charge in [-0.05, 0) is 18.4 Å². The Bertz CT molecular complexity index is 655. The van der Waals surface area contributed by atoms with Crippen LogP contribution in [-0.4, -0.2) is 47.9 Å². The van der Waals surface area contributed by atoms with Gasteiger partial charge in [0.1, 0.15) is 0 Å². The number of likely N-dealkylation sites (tertiary alicyclic amines) is 1. The van der Waals surface area contributed by atoms with Crippen molar-refractivity contribution in [1.29, 1.82) is 5.41 Å². The maximum absolute atomic E-state index is 13.7. The molecule has 1 heterocycles. The third kappa shape index (κ3) is 3.72. The van der Waals surface area contributed by atoms with Gasteiger partial charge in [-0.25, -0.2) is 13.6 Å². The molecule has 3 rings (SSSR count). The van der Waals surface area contributed by atoms with E-state index in [1.165, 1.54) is 6.34 Å². The average Bonchev–Trinajstić information content (AvgIpc) is 3.25. The van der Waals surface area contributed by atoms with Gasteiger partial charge in [0, 0.05) is 37.8 Å². The molecule has 0 bridgehead atoms. The summed E-state index contributed by atoms with van der Waals surface area (Å²) in [6.07, 6.45) is 1.24. The molecular weight excluding hydrogens is 342 g/mol. The molecule has 142 valence electrons. The maximum atomic E-state index is 13.7. The van der Waals surface area contributed by atoms with Crippen molar-refractivity contribution in [1.82, 2.24) is 4.90 Å². The molecule has 1 saturated heterocycles. The minimum atomic E-state index is -2.87. The van der Waals surface area contributed by atoms with E-state index in [1.54, 1.807) is 30.3 Å². The van der Waals surface area contributed by atoms with Crippen molar-refractivity contribution in [2.24, 2.45) is 11.8 Å². The van der Waals surface area contributed by atoms with Gasteiger partial charge in [-0.2, -0.15) is 0 Å². The largest absolute Gasteiger partial charge is 0.463 e. The van der Waals surface area contributed by atoms with Crippen LogP contribution in [0.25, 0.3) is 0 Å². The Kier molecular flexibility index (Phi) is 5.27. The Morgan fingerprint density at radius 2 is 2.12 bits per heavy atom. The highest BCUT2D eigenvalue weighted by Crippen LogP contribution is 2.47. The second-order valence-corrected chi connectivity index (χ2v) is 7.31. The number of ether oxygens (including phenoxy) is 1. The highest BCUT2D eigenvalue weighted by Gasteiger charge is 2.54. The van der Waals surface area contributed by atoms with Gasteiger partial charge in [-0.3, -0.25) is 5.41 Å². The van der Waals surface area contributed by atoms with Gasteiger partial charge in [0.2, 0.25) is 5.92 Å². The monoisotopic (exact) mass is 366 g/mol. The Hall–Kier alpha value is -2.02. The lowest BCUT2D eigenvalue weighted by Gasteiger charge is -2.32. The first-order valence-electron chi connectivity index (χ1n) is 8.93. The fourth-order valence-corrected chi connectivity index (χ4v) is 3.94. The minimum Gasteiger partial charge on any atom is -0.463 e. The first kappa shape index (κ1) is 18.8. The quantitative estimate of drug-likeness (QED) is 0.461. The van der Waals surface area contributed by atoms with E-state index in [0.717, 1.165) is 13.0 Å². The van der Waals surface area contributed by atoms with Crippen LogP contribution in [0.1, 0.15) is 31.2 Å². The molecule has 1 saturated carbocycles. The second kappa shape index (κ2) is 7.31. The van der Waals surface area contributed by atoms with Crippen LogP contribution in [0.5, 0.6) is 0 Å². The highest BCUT2D eigenvalue weighted by atomic mass is 19.3. The number of nitrogens with zero attached hydrogens (tertiary/aromatic N) is 1. The van der Waals surface area contributed by atoms with E-state index in [-0.39, 0.29) is 25.4 Å². The van der Waals surface area contributed by atoms with Crippen LogP contribution in [0.2, 0.25) is 0 Å². The fraction of sp³-hybridized carbons (Fsp3) is 0.579. The van der Waals surface area contributed by atoms with E-state index in [9.17, 15) is 18.7 Å². The van der Waals surface area contributed by atoms with E-state index in [1.807, 2.05) is 4.90 Å². The van der Waals surface area contributed by atoms with Crippen molar-refractivity contribution >= 4 is 12.3 Å². The lowest BCUT2D eigenvalue weighted by molar-refractivity contribution is -0.176. The van der Waals surface area contributed by atoms with E-state index in [2.05, 4.69) is 0 Å². The van der Waals surface area contributed by atoms with Crippen LogP contribution < -0.4 is 0 Å². The van der Waals surface area contributed by atoms with Crippen LogP contribution >= 0.6 is 0 Å². The van der Waals surface area contributed by atoms with Crippen molar-refractivity contribution in [2.75, 3.05) is 19.7 Å². The first-order chi connectivity index (χ1) is 12.3. The smallest absolute Gasteiger partial charge is 0.343 e. The van der Waals surface area contributed by atoms with Crippen molar-refractivity contribution in [2.45, 2.75) is 37.2 Å². The van der Waals surface area contributed by atoms with Crippen molar-refractivity contribution in [3.63, 3.8) is 0 Å². The molecule has 2 fully saturated rings. The normalized spacial score (nSPS) is 27.1. The third-order valence-electron chi connectivity index (χ3n) is 5.47. The van der Waals surface area contributed by atoms with Crippen molar-refractivity contribution in [3.8, 4) is 0 Å². The van der Waals surface area contributed by atoms with Gasteiger partial charge < -0.3 is 14.7 Å². The van der Waals surface area contributed by atoms with E-state index in [0.29, 0.717) is 12.1 Å². The molecule has 0 unspecified atom stereocenters. The highest BCUT2D eigenvalue weighted by molar-refractivity contribution is 5.81. The van der Waals surface area contributed by atoms with E-state index >= 15 is 0 Å². The molecule has 7 heteroatoms. The molecule has 0 spiro atoms. The van der Waals surface area contributed by atoms with E-state index < -0.39 is 29.8 Å². The Labute approximate surface area is 151 Å². The molecule has 5 nitrogen and oxygen atoms in total. The van der Waals surface area contributed by atoms with E-state index in [4.69, 9.17) is 10.1 Å². The van der Waals surface area contributed by atoms with Crippen LogP contribution in [0.3, 0.4) is 0 Å². The number of hydrogen-bond donors (Lipinski definition) is 2. The summed E-state index contributed by atoms with van der Waals surface area (Å²) < 4.78 is 32.8. The number of benzene rings is 1. The molecule has 1 aliphatic heterocycles. The Balaban J connectivity index is 1.75. The van der Waals surface area contributed by atoms with Gasteiger partial charge >= 0.3 is 5.97 Å². The maximum Gasteiger partial charge on any atom is 0.343 e. The molecule has 2 N–H and O–H groups in total. The Morgan fingerprint density at radius 3 is 2.69 bits per heavy atom. The number of nitrogens with one attached hydrogen (secondary N) is 1. The summed E-state index contributed by atoms with van der Waals surface area (Å²) in [5.74, 6) is -4.54. The zero-order valence-corrected chi connectivity index (χ0v) is 14.5. The number of aliphatic hydroxyl groups is 1. The van der Waals surface area contributed by atoms with Gasteiger partial charge in [0.25, 0.3) is 0 Å². The van der Waals surface area contributed by atoms with Crippen molar-refractivity contribution < 1.29 is 23.4 Å². The van der Waals surface area contributed by atoms with Crippen LogP contribution in [0, 0.1) is 17.2 Å². The van der Waals surface area contributed by atoms with Crippen LogP contribution in [0.4, 0.5) is 8.78 Å².